The molecule has 0 unspecified atom stereocenters. The van der Waals surface area contributed by atoms with Crippen molar-refractivity contribution in [2.75, 3.05) is 5.32 Å². The van der Waals surface area contributed by atoms with E-state index in [1.54, 1.807) is 48.7 Å². The second kappa shape index (κ2) is 6.79. The van der Waals surface area contributed by atoms with Gasteiger partial charge in [0.1, 0.15) is 5.82 Å². The van der Waals surface area contributed by atoms with Gasteiger partial charge in [-0.25, -0.2) is 16.5 Å². The van der Waals surface area contributed by atoms with E-state index in [9.17, 15) is 4.79 Å². The number of nitrogens with two attached hydrogens (primary N) is 2. The van der Waals surface area contributed by atoms with Crippen molar-refractivity contribution in [2.45, 2.75) is 13.0 Å². The number of ether oxygens (including phenoxy) is 2. The highest BCUT2D eigenvalue weighted by Gasteiger charge is 2.34. The molecule has 1 aromatic heterocycles. The number of pyridine rings is 1. The van der Waals surface area contributed by atoms with Crippen LogP contribution in [0.3, 0.4) is 0 Å². The van der Waals surface area contributed by atoms with Gasteiger partial charge in [-0.15, -0.1) is 0 Å². The molecule has 3 aromatic rings. The lowest BCUT2D eigenvalue weighted by Crippen LogP contribution is -2.56. The third-order valence-corrected chi connectivity index (χ3v) is 4.59. The number of rotatable bonds is 3. The van der Waals surface area contributed by atoms with Crippen molar-refractivity contribution in [2.24, 2.45) is 11.5 Å². The van der Waals surface area contributed by atoms with Gasteiger partial charge < -0.3 is 14.8 Å². The summed E-state index contributed by atoms with van der Waals surface area (Å²) in [5.74, 6) is 1.03. The Morgan fingerprint density at radius 2 is 1.82 bits per heavy atom. The molecular weight excluding hydrogens is 380 g/mol. The van der Waals surface area contributed by atoms with Crippen molar-refractivity contribution >= 4 is 23.3 Å². The standard InChI is InChI=1S/C20H17ClN4O3/c1-11-8-16-17(28-20(22,23)27-16)9-14(11)12-6-7-18(24-10-12)25-19(26)13-4-2-3-5-15(13)21/h2-10H,22-23H2,1H3,(H,24,25,26). The van der Waals surface area contributed by atoms with E-state index in [0.29, 0.717) is 27.9 Å². The molecule has 2 heterocycles. The number of hydrogen-bond donors (Lipinski definition) is 3. The Morgan fingerprint density at radius 1 is 1.11 bits per heavy atom. The van der Waals surface area contributed by atoms with Crippen molar-refractivity contribution in [3.05, 3.63) is 70.9 Å². The number of carbonyl (C=O) groups is 1. The van der Waals surface area contributed by atoms with Crippen LogP contribution in [-0.2, 0) is 0 Å². The van der Waals surface area contributed by atoms with Crippen LogP contribution in [0.25, 0.3) is 11.1 Å². The number of aryl methyl sites for hydroxylation is 1. The van der Waals surface area contributed by atoms with Gasteiger partial charge in [0.2, 0.25) is 0 Å². The maximum Gasteiger partial charge on any atom is 0.376 e. The topological polar surface area (TPSA) is 112 Å². The first-order valence-electron chi connectivity index (χ1n) is 8.45. The minimum absolute atomic E-state index is 0.327. The van der Waals surface area contributed by atoms with Crippen molar-refractivity contribution < 1.29 is 14.3 Å². The molecule has 1 amide bonds. The molecule has 0 saturated heterocycles. The first kappa shape index (κ1) is 18.2. The zero-order valence-corrected chi connectivity index (χ0v) is 15.7. The van der Waals surface area contributed by atoms with E-state index in [1.165, 1.54) is 0 Å². The number of fused-ring (bicyclic) bond motifs is 1. The molecule has 0 radical (unpaired) electrons. The van der Waals surface area contributed by atoms with E-state index in [2.05, 4.69) is 10.3 Å². The summed E-state index contributed by atoms with van der Waals surface area (Å²) in [5, 5.41) is 3.11. The van der Waals surface area contributed by atoms with Gasteiger partial charge in [-0.05, 0) is 54.4 Å². The number of nitrogens with one attached hydrogen (secondary N) is 1. The monoisotopic (exact) mass is 396 g/mol. The van der Waals surface area contributed by atoms with Crippen molar-refractivity contribution in [1.82, 2.24) is 4.98 Å². The Bertz CT molecular complexity index is 1070. The number of benzene rings is 2. The molecule has 1 aliphatic heterocycles. The van der Waals surface area contributed by atoms with Crippen LogP contribution in [0.15, 0.2) is 54.7 Å². The molecule has 28 heavy (non-hydrogen) atoms. The zero-order chi connectivity index (χ0) is 19.9. The van der Waals surface area contributed by atoms with Gasteiger partial charge in [0.15, 0.2) is 11.5 Å². The van der Waals surface area contributed by atoms with E-state index < -0.39 is 6.03 Å². The van der Waals surface area contributed by atoms with Crippen LogP contribution in [0.1, 0.15) is 15.9 Å². The third kappa shape index (κ3) is 3.50. The van der Waals surface area contributed by atoms with Crippen LogP contribution >= 0.6 is 11.6 Å². The molecule has 0 fully saturated rings. The van der Waals surface area contributed by atoms with Gasteiger partial charge in [0, 0.05) is 11.8 Å². The molecule has 5 N–H and O–H groups in total. The summed E-state index contributed by atoms with van der Waals surface area (Å²) in [6.07, 6.45) is 1.66. The number of anilines is 1. The Labute approximate surface area is 166 Å². The Hall–Kier alpha value is -3.13. The molecule has 0 atom stereocenters. The van der Waals surface area contributed by atoms with Crippen molar-refractivity contribution in [3.8, 4) is 22.6 Å². The minimum atomic E-state index is -1.67. The molecule has 0 saturated carbocycles. The Balaban J connectivity index is 1.56. The smallest absolute Gasteiger partial charge is 0.376 e. The average molecular weight is 397 g/mol. The van der Waals surface area contributed by atoms with Crippen molar-refractivity contribution in [3.63, 3.8) is 0 Å². The fraction of sp³-hybridized carbons (Fsp3) is 0.100. The van der Waals surface area contributed by atoms with Gasteiger partial charge in [0.05, 0.1) is 10.6 Å². The zero-order valence-electron chi connectivity index (χ0n) is 14.9. The molecule has 0 spiro atoms. The predicted octanol–water partition coefficient (Wildman–Crippen LogP) is 3.26. The fourth-order valence-corrected chi connectivity index (χ4v) is 3.17. The largest absolute Gasteiger partial charge is 0.423 e. The normalized spacial score (nSPS) is 14.0. The molecule has 1 aliphatic rings. The predicted molar refractivity (Wildman–Crippen MR) is 106 cm³/mol. The first-order valence-corrected chi connectivity index (χ1v) is 8.83. The van der Waals surface area contributed by atoms with Crippen LogP contribution in [-0.4, -0.2) is 16.9 Å². The second-order valence-electron chi connectivity index (χ2n) is 6.41. The van der Waals surface area contributed by atoms with Crippen LogP contribution in [0.4, 0.5) is 5.82 Å². The summed E-state index contributed by atoms with van der Waals surface area (Å²) in [4.78, 5) is 16.7. The molecule has 8 heteroatoms. The first-order chi connectivity index (χ1) is 13.3. The van der Waals surface area contributed by atoms with Gasteiger partial charge in [-0.3, -0.25) is 4.79 Å². The molecule has 0 aliphatic carbocycles. The number of nitrogens with zero attached hydrogens (tertiary/aromatic N) is 1. The lowest BCUT2D eigenvalue weighted by molar-refractivity contribution is -0.0671. The summed E-state index contributed by atoms with van der Waals surface area (Å²) >= 11 is 6.05. The fourth-order valence-electron chi connectivity index (χ4n) is 2.95. The summed E-state index contributed by atoms with van der Waals surface area (Å²) in [6, 6.07) is 12.3. The molecule has 142 valence electrons. The average Bonchev–Trinajstić information content (AvgIpc) is 2.95. The van der Waals surface area contributed by atoms with E-state index in [4.69, 9.17) is 32.5 Å². The SMILES string of the molecule is Cc1cc2c(cc1-c1ccc(NC(=O)c3ccccc3Cl)nc1)OC(N)(N)O2. The highest BCUT2D eigenvalue weighted by molar-refractivity contribution is 6.34. The van der Waals surface area contributed by atoms with Gasteiger partial charge in [0.25, 0.3) is 5.91 Å². The van der Waals surface area contributed by atoms with Crippen LogP contribution in [0.2, 0.25) is 5.02 Å². The lowest BCUT2D eigenvalue weighted by Gasteiger charge is -2.14. The second-order valence-corrected chi connectivity index (χ2v) is 6.81. The number of carbonyl (C=O) groups excluding carboxylic acids is 1. The molecule has 4 rings (SSSR count). The minimum Gasteiger partial charge on any atom is -0.423 e. The molecule has 2 aromatic carbocycles. The summed E-state index contributed by atoms with van der Waals surface area (Å²) < 4.78 is 10.7. The Morgan fingerprint density at radius 3 is 2.50 bits per heavy atom. The van der Waals surface area contributed by atoms with Gasteiger partial charge in [-0.1, -0.05) is 23.7 Å². The molecule has 0 bridgehead atoms. The maximum absolute atomic E-state index is 12.3. The van der Waals surface area contributed by atoms with E-state index in [0.717, 1.165) is 16.7 Å². The third-order valence-electron chi connectivity index (χ3n) is 4.26. The Kier molecular flexibility index (Phi) is 4.43. The van der Waals surface area contributed by atoms with Crippen LogP contribution < -0.4 is 26.3 Å². The number of amides is 1. The van der Waals surface area contributed by atoms with Crippen molar-refractivity contribution in [1.29, 1.82) is 0 Å². The number of hydrogen-bond acceptors (Lipinski definition) is 6. The van der Waals surface area contributed by atoms with Gasteiger partial charge >= 0.3 is 6.03 Å². The van der Waals surface area contributed by atoms with Gasteiger partial charge in [-0.2, -0.15) is 0 Å². The van der Waals surface area contributed by atoms with Crippen LogP contribution in [0, 0.1) is 6.92 Å². The maximum atomic E-state index is 12.3. The summed E-state index contributed by atoms with van der Waals surface area (Å²) in [6.45, 7) is 1.93. The molecule has 7 nitrogen and oxygen atoms in total. The lowest BCUT2D eigenvalue weighted by atomic mass is 10.0. The number of aromatic nitrogens is 1. The quantitative estimate of drug-likeness (QED) is 0.586. The number of halogens is 1. The van der Waals surface area contributed by atoms with Crippen LogP contribution in [0.5, 0.6) is 11.5 Å². The van der Waals surface area contributed by atoms with E-state index in [1.807, 2.05) is 13.0 Å². The van der Waals surface area contributed by atoms with E-state index >= 15 is 0 Å². The highest BCUT2D eigenvalue weighted by Crippen LogP contribution is 2.40. The summed E-state index contributed by atoms with van der Waals surface area (Å²) in [5.41, 5.74) is 14.4. The molecular formula is C20H17ClN4O3. The summed E-state index contributed by atoms with van der Waals surface area (Å²) in [7, 11) is 0. The highest BCUT2D eigenvalue weighted by atomic mass is 35.5. The van der Waals surface area contributed by atoms with E-state index in [-0.39, 0.29) is 5.91 Å².